The van der Waals surface area contributed by atoms with E-state index >= 15 is 0 Å². The van der Waals surface area contributed by atoms with Gasteiger partial charge in [0, 0.05) is 28.6 Å². The summed E-state index contributed by atoms with van der Waals surface area (Å²) < 4.78 is 66.8. The van der Waals surface area contributed by atoms with Gasteiger partial charge in [0.15, 0.2) is 5.69 Å². The number of furan rings is 1. The van der Waals surface area contributed by atoms with Gasteiger partial charge in [-0.25, -0.2) is 18.5 Å². The second-order valence-electron chi connectivity index (χ2n) is 11.0. The zero-order chi connectivity index (χ0) is 31.7. The fourth-order valence-electron chi connectivity index (χ4n) is 5.01. The minimum absolute atomic E-state index is 0.00509. The highest BCUT2D eigenvalue weighted by Gasteiger charge is 2.34. The topological polar surface area (TPSA) is 142 Å². The van der Waals surface area contributed by atoms with Crippen LogP contribution in [0.5, 0.6) is 5.88 Å². The van der Waals surface area contributed by atoms with E-state index in [1.807, 2.05) is 24.3 Å². The number of ether oxygens (including phenoxy) is 1. The summed E-state index contributed by atoms with van der Waals surface area (Å²) in [5.74, 6) is 0.501. The summed E-state index contributed by atoms with van der Waals surface area (Å²) in [7, 11) is -5.28. The maximum atomic E-state index is 13.5. The molecule has 3 N–H and O–H groups in total. The predicted molar refractivity (Wildman–Crippen MR) is 174 cm³/mol. The molecule has 232 valence electrons. The maximum Gasteiger partial charge on any atom is 0.295 e. The molecule has 0 atom stereocenters. The Bertz CT molecular complexity index is 2030. The van der Waals surface area contributed by atoms with E-state index in [2.05, 4.69) is 17.7 Å². The van der Waals surface area contributed by atoms with Crippen LogP contribution in [0.4, 0.5) is 11.4 Å². The van der Waals surface area contributed by atoms with Crippen LogP contribution in [0.15, 0.2) is 87.2 Å². The normalized spacial score (nSPS) is 12.6. The molecule has 44 heavy (non-hydrogen) atoms. The van der Waals surface area contributed by atoms with E-state index in [0.29, 0.717) is 29.1 Å². The highest BCUT2D eigenvalue weighted by Crippen LogP contribution is 2.40. The molecule has 2 heterocycles. The number of primary sulfonamides is 1. The van der Waals surface area contributed by atoms with Gasteiger partial charge < -0.3 is 9.15 Å². The molecule has 5 aromatic rings. The summed E-state index contributed by atoms with van der Waals surface area (Å²) in [6.45, 7) is 2.62. The van der Waals surface area contributed by atoms with E-state index < -0.39 is 24.9 Å². The van der Waals surface area contributed by atoms with Crippen LogP contribution in [0.1, 0.15) is 25.5 Å². The minimum Gasteiger partial charge on any atom is -0.471 e. The highest BCUT2D eigenvalue weighted by atomic mass is 35.5. The number of quaternary nitrogens is 1. The first-order chi connectivity index (χ1) is 20.8. The number of aryl methyl sites for hydroxylation is 1. The molecule has 0 saturated carbocycles. The smallest absolute Gasteiger partial charge is 0.295 e. The number of nitrogens with one attached hydrogen (secondary N) is 1. The van der Waals surface area contributed by atoms with Crippen LogP contribution in [0.2, 0.25) is 5.02 Å². The van der Waals surface area contributed by atoms with Gasteiger partial charge in [0.05, 0.1) is 19.1 Å². The molecule has 10 nitrogen and oxygen atoms in total. The third-order valence-corrected chi connectivity index (χ3v) is 9.99. The molecule has 0 radical (unpaired) electrons. The molecule has 0 unspecified atom stereocenters. The average molecular weight is 658 g/mol. The Balaban J connectivity index is 1.49. The fraction of sp³-hybridized carbons (Fsp3) is 0.258. The Morgan fingerprint density at radius 3 is 2.39 bits per heavy atom. The van der Waals surface area contributed by atoms with Gasteiger partial charge >= 0.3 is 0 Å². The van der Waals surface area contributed by atoms with Gasteiger partial charge in [-0.15, -0.1) is 0 Å². The Labute approximate surface area is 262 Å². The van der Waals surface area contributed by atoms with E-state index in [9.17, 15) is 16.8 Å². The Morgan fingerprint density at radius 2 is 1.68 bits per heavy atom. The highest BCUT2D eigenvalue weighted by molar-refractivity contribution is 7.93. The van der Waals surface area contributed by atoms with Crippen molar-refractivity contribution in [1.82, 2.24) is 9.47 Å². The largest absolute Gasteiger partial charge is 0.471 e. The molecular formula is C31H34ClN4O6S2+. The Kier molecular flexibility index (Phi) is 8.92. The van der Waals surface area contributed by atoms with Crippen molar-refractivity contribution in [3.8, 4) is 5.88 Å². The average Bonchev–Trinajstić information content (AvgIpc) is 3.41. The summed E-state index contributed by atoms with van der Waals surface area (Å²) >= 11 is 6.31. The van der Waals surface area contributed by atoms with Crippen molar-refractivity contribution in [1.29, 1.82) is 0 Å². The lowest BCUT2D eigenvalue weighted by molar-refractivity contribution is 0.255. The van der Waals surface area contributed by atoms with Crippen molar-refractivity contribution < 1.29 is 26.0 Å². The lowest BCUT2D eigenvalue weighted by atomic mass is 10.1. The number of hydrogen-bond donors (Lipinski definition) is 2. The maximum absolute atomic E-state index is 13.5. The molecule has 0 aliphatic carbocycles. The van der Waals surface area contributed by atoms with Crippen molar-refractivity contribution in [2.24, 2.45) is 5.14 Å². The first kappa shape index (κ1) is 31.7. The van der Waals surface area contributed by atoms with Crippen LogP contribution < -0.4 is 19.1 Å². The number of hydrogen-bond acceptors (Lipinski definition) is 7. The number of rotatable bonds is 12. The number of fused-ring (bicyclic) bond motifs is 2. The summed E-state index contributed by atoms with van der Waals surface area (Å²) in [4.78, 5) is 4.22. The Morgan fingerprint density at radius 1 is 0.977 bits per heavy atom. The SMILES string of the molecule is CCCCc1cc2ccccc2c(OCC[N+](C)(C)c2ccc(Cl)c(S(N)(=O)=O)c2NS(=O)(=O)c2cc3ccccc3o2)n1. The lowest BCUT2D eigenvalue weighted by Crippen LogP contribution is -2.44. The van der Waals surface area contributed by atoms with Crippen LogP contribution in [0, 0.1) is 0 Å². The van der Waals surface area contributed by atoms with Gasteiger partial charge in [-0.1, -0.05) is 61.3 Å². The standard InChI is InChI=1S/C31H34ClN4O6S2/c1-4-5-12-23-19-21-10-6-8-13-24(21)31(34-23)41-18-17-36(2,3)26-16-15-25(32)30(43(33,37)38)29(26)35-44(39,40)28-20-22-11-7-9-14-27(22)42-28/h6-11,13-16,19-20,35H,4-5,12,17-18H2,1-3H3,(H2,33,37,38)/q+1. The third kappa shape index (κ3) is 6.69. The van der Waals surface area contributed by atoms with Gasteiger partial charge in [0.25, 0.3) is 10.0 Å². The number of para-hydroxylation sites is 1. The molecular weight excluding hydrogens is 624 g/mol. The molecule has 0 bridgehead atoms. The number of halogens is 1. The molecule has 3 aromatic carbocycles. The van der Waals surface area contributed by atoms with E-state index in [4.69, 9.17) is 30.9 Å². The first-order valence-electron chi connectivity index (χ1n) is 14.0. The zero-order valence-corrected chi connectivity index (χ0v) is 27.0. The van der Waals surface area contributed by atoms with E-state index in [1.54, 1.807) is 44.4 Å². The first-order valence-corrected chi connectivity index (χ1v) is 17.4. The van der Waals surface area contributed by atoms with Gasteiger partial charge in [0.2, 0.25) is 21.0 Å². The summed E-state index contributed by atoms with van der Waals surface area (Å²) in [5.41, 5.74) is 1.33. The number of sulfonamides is 2. The predicted octanol–water partition coefficient (Wildman–Crippen LogP) is 6.07. The second-order valence-corrected chi connectivity index (χ2v) is 14.5. The van der Waals surface area contributed by atoms with Gasteiger partial charge in [0.1, 0.15) is 29.3 Å². The summed E-state index contributed by atoms with van der Waals surface area (Å²) in [6.07, 6.45) is 2.87. The number of unbranched alkanes of at least 4 members (excludes halogenated alkanes) is 1. The molecule has 0 fully saturated rings. The Hall–Kier alpha value is -3.68. The van der Waals surface area contributed by atoms with Crippen molar-refractivity contribution in [2.45, 2.75) is 36.2 Å². The van der Waals surface area contributed by atoms with Crippen LogP contribution in [-0.2, 0) is 26.5 Å². The van der Waals surface area contributed by atoms with Gasteiger partial charge in [-0.05, 0) is 42.5 Å². The third-order valence-electron chi connectivity index (χ3n) is 7.36. The van der Waals surface area contributed by atoms with Crippen molar-refractivity contribution in [2.75, 3.05) is 32.0 Å². The monoisotopic (exact) mass is 657 g/mol. The van der Waals surface area contributed by atoms with Gasteiger partial charge in [-0.2, -0.15) is 8.42 Å². The lowest BCUT2D eigenvalue weighted by Gasteiger charge is -2.31. The summed E-state index contributed by atoms with van der Waals surface area (Å²) in [6, 6.07) is 21.0. The van der Waals surface area contributed by atoms with E-state index in [-0.39, 0.29) is 26.9 Å². The van der Waals surface area contributed by atoms with Crippen LogP contribution >= 0.6 is 11.6 Å². The molecule has 0 aliphatic rings. The van der Waals surface area contributed by atoms with Crippen molar-refractivity contribution >= 4 is 64.8 Å². The number of nitrogens with zero attached hydrogens (tertiary/aromatic N) is 2. The number of anilines is 1. The van der Waals surface area contributed by atoms with Crippen LogP contribution in [-0.4, -0.2) is 49.1 Å². The molecule has 0 amide bonds. The number of likely N-dealkylation sites (N-methyl/N-ethyl adjacent to an activating group) is 1. The van der Waals surface area contributed by atoms with Crippen molar-refractivity contribution in [3.63, 3.8) is 0 Å². The molecule has 0 spiro atoms. The molecule has 0 aliphatic heterocycles. The van der Waals surface area contributed by atoms with E-state index in [0.717, 1.165) is 35.7 Å². The fourth-order valence-corrected chi connectivity index (χ4v) is 7.39. The molecule has 13 heteroatoms. The number of nitrogens with two attached hydrogens (primary N) is 1. The minimum atomic E-state index is -4.47. The number of pyridine rings is 1. The number of benzene rings is 3. The molecule has 5 rings (SSSR count). The van der Waals surface area contributed by atoms with Crippen LogP contribution in [0.25, 0.3) is 21.7 Å². The van der Waals surface area contributed by atoms with Crippen molar-refractivity contribution in [3.05, 3.63) is 83.5 Å². The van der Waals surface area contributed by atoms with Gasteiger partial charge in [-0.3, -0.25) is 9.21 Å². The van der Waals surface area contributed by atoms with E-state index in [1.165, 1.54) is 12.1 Å². The zero-order valence-electron chi connectivity index (χ0n) is 24.6. The number of aromatic nitrogens is 1. The quantitative estimate of drug-likeness (QED) is 0.155. The molecule has 0 saturated heterocycles. The second kappa shape index (κ2) is 12.4. The summed E-state index contributed by atoms with van der Waals surface area (Å²) in [5, 5.41) is 7.41. The van der Waals surface area contributed by atoms with Crippen LogP contribution in [0.3, 0.4) is 0 Å². The molecule has 2 aromatic heterocycles.